The predicted molar refractivity (Wildman–Crippen MR) is 127 cm³/mol. The lowest BCUT2D eigenvalue weighted by Gasteiger charge is -2.43. The van der Waals surface area contributed by atoms with E-state index in [-0.39, 0.29) is 5.97 Å². The molecule has 3 aromatic carbocycles. The van der Waals surface area contributed by atoms with E-state index < -0.39 is 10.3 Å². The maximum absolute atomic E-state index is 12.9. The molecule has 0 radical (unpaired) electrons. The number of hydrogen-bond acceptors (Lipinski definition) is 2. The fraction of sp³-hybridized carbons (Fsp3) is 0.296. The highest BCUT2D eigenvalue weighted by Crippen LogP contribution is 2.72. The zero-order chi connectivity index (χ0) is 22.1. The van der Waals surface area contributed by atoms with E-state index in [1.165, 1.54) is 11.1 Å². The summed E-state index contributed by atoms with van der Waals surface area (Å²) in [5.74, 6) is -0.174. The molecule has 30 heavy (non-hydrogen) atoms. The molecule has 158 valence electrons. The molecular weight excluding hydrogens is 388 g/mol. The van der Waals surface area contributed by atoms with Gasteiger partial charge in [-0.05, 0) is 86.2 Å². The second-order valence-corrected chi connectivity index (χ2v) is 10.7. The molecule has 0 aliphatic carbocycles. The third kappa shape index (κ3) is 3.91. The van der Waals surface area contributed by atoms with E-state index >= 15 is 0 Å². The van der Waals surface area contributed by atoms with Crippen LogP contribution in [0, 0.1) is 41.5 Å². The Labute approximate surface area is 182 Å². The SMILES string of the molecule is CCC(=O)OS(c1ccccc1)(c1c(C)cc(C)cc1C)c1c(C)cc(C)cc1C. The van der Waals surface area contributed by atoms with E-state index in [0.717, 1.165) is 36.9 Å². The maximum Gasteiger partial charge on any atom is 0.316 e. The summed E-state index contributed by atoms with van der Waals surface area (Å²) in [6.45, 7) is 14.6. The van der Waals surface area contributed by atoms with Crippen LogP contribution in [0.25, 0.3) is 0 Å². The summed E-state index contributed by atoms with van der Waals surface area (Å²) in [4.78, 5) is 16.2. The standard InChI is InChI=1S/C27H32O2S/c1-8-25(28)29-30(24-12-10-9-11-13-24,26-20(4)14-18(2)15-21(26)5)27-22(6)16-19(3)17-23(27)7/h9-17H,8H2,1-7H3. The topological polar surface area (TPSA) is 26.3 Å². The molecule has 2 nitrogen and oxygen atoms in total. The monoisotopic (exact) mass is 420 g/mol. The fourth-order valence-electron chi connectivity index (χ4n) is 4.52. The van der Waals surface area contributed by atoms with Crippen molar-refractivity contribution in [3.8, 4) is 0 Å². The first-order chi connectivity index (χ1) is 14.2. The minimum Gasteiger partial charge on any atom is -0.402 e. The Hall–Kier alpha value is -2.52. The van der Waals surface area contributed by atoms with Crippen LogP contribution >= 0.6 is 10.3 Å². The normalized spacial score (nSPS) is 12.0. The van der Waals surface area contributed by atoms with Gasteiger partial charge in [0.15, 0.2) is 0 Å². The summed E-state index contributed by atoms with van der Waals surface area (Å²) in [7, 11) is -2.25. The first-order valence-electron chi connectivity index (χ1n) is 10.5. The lowest BCUT2D eigenvalue weighted by molar-refractivity contribution is -0.133. The summed E-state index contributed by atoms with van der Waals surface area (Å²) >= 11 is 0. The van der Waals surface area contributed by atoms with Gasteiger partial charge in [-0.1, -0.05) is 60.5 Å². The van der Waals surface area contributed by atoms with Crippen molar-refractivity contribution in [2.75, 3.05) is 0 Å². The Morgan fingerprint density at radius 2 is 1.13 bits per heavy atom. The number of carbonyl (C=O) groups excluding carboxylic acids is 1. The van der Waals surface area contributed by atoms with E-state index in [0.29, 0.717) is 6.42 Å². The molecule has 0 bridgehead atoms. The van der Waals surface area contributed by atoms with E-state index in [9.17, 15) is 4.79 Å². The lowest BCUT2D eigenvalue weighted by atomic mass is 10.1. The van der Waals surface area contributed by atoms with Gasteiger partial charge in [-0.15, -0.1) is 0 Å². The van der Waals surface area contributed by atoms with Crippen LogP contribution in [-0.4, -0.2) is 5.97 Å². The Bertz CT molecular complexity index is 980. The van der Waals surface area contributed by atoms with Gasteiger partial charge in [0.2, 0.25) is 0 Å². The number of rotatable bonds is 5. The minimum absolute atomic E-state index is 0.174. The molecular formula is C27H32O2S. The molecule has 0 spiro atoms. The molecule has 0 unspecified atom stereocenters. The number of benzene rings is 3. The molecule has 0 aromatic heterocycles. The Morgan fingerprint density at radius 3 is 1.50 bits per heavy atom. The van der Waals surface area contributed by atoms with Crippen molar-refractivity contribution in [2.45, 2.75) is 69.6 Å². The molecule has 0 aliphatic rings. The molecule has 0 N–H and O–H groups in total. The number of hydrogen-bond donors (Lipinski definition) is 0. The highest BCUT2D eigenvalue weighted by Gasteiger charge is 2.40. The largest absolute Gasteiger partial charge is 0.402 e. The van der Waals surface area contributed by atoms with Crippen LogP contribution in [-0.2, 0) is 8.98 Å². The summed E-state index contributed by atoms with van der Waals surface area (Å²) < 4.78 is 6.59. The van der Waals surface area contributed by atoms with Crippen LogP contribution in [0.4, 0.5) is 0 Å². The van der Waals surface area contributed by atoms with Crippen molar-refractivity contribution < 1.29 is 8.98 Å². The summed E-state index contributed by atoms with van der Waals surface area (Å²) in [5, 5.41) is 0. The maximum atomic E-state index is 12.9. The highest BCUT2D eigenvalue weighted by molar-refractivity contribution is 8.30. The third-order valence-electron chi connectivity index (χ3n) is 5.37. The van der Waals surface area contributed by atoms with Gasteiger partial charge >= 0.3 is 5.97 Å². The van der Waals surface area contributed by atoms with E-state index in [4.69, 9.17) is 4.18 Å². The van der Waals surface area contributed by atoms with Crippen molar-refractivity contribution in [3.05, 3.63) is 88.0 Å². The number of aryl methyl sites for hydroxylation is 6. The van der Waals surface area contributed by atoms with E-state index in [1.54, 1.807) is 0 Å². The second kappa shape index (κ2) is 8.69. The van der Waals surface area contributed by atoms with Gasteiger partial charge in [0, 0.05) is 21.1 Å². The molecule has 0 aliphatic heterocycles. The zero-order valence-electron chi connectivity index (χ0n) is 19.1. The fourth-order valence-corrected chi connectivity index (χ4v) is 8.44. The smallest absolute Gasteiger partial charge is 0.316 e. The van der Waals surface area contributed by atoms with Crippen LogP contribution in [0.3, 0.4) is 0 Å². The molecule has 0 amide bonds. The van der Waals surface area contributed by atoms with Crippen molar-refractivity contribution >= 4 is 16.3 Å². The number of carbonyl (C=O) groups is 1. The van der Waals surface area contributed by atoms with Gasteiger partial charge in [0.1, 0.15) is 0 Å². The first-order valence-corrected chi connectivity index (χ1v) is 12.0. The van der Waals surface area contributed by atoms with Gasteiger partial charge in [-0.25, -0.2) is 0 Å². The van der Waals surface area contributed by atoms with Crippen LogP contribution in [0.15, 0.2) is 69.3 Å². The third-order valence-corrected chi connectivity index (χ3v) is 9.18. The average molecular weight is 421 g/mol. The van der Waals surface area contributed by atoms with Crippen LogP contribution in [0.1, 0.15) is 46.7 Å². The average Bonchev–Trinajstić information content (AvgIpc) is 2.66. The molecule has 0 saturated carbocycles. The van der Waals surface area contributed by atoms with Gasteiger partial charge in [0.25, 0.3) is 0 Å². The Balaban J connectivity index is 2.55. The predicted octanol–water partition coefficient (Wildman–Crippen LogP) is 7.69. The lowest BCUT2D eigenvalue weighted by Crippen LogP contribution is -2.17. The Morgan fingerprint density at radius 1 is 0.733 bits per heavy atom. The van der Waals surface area contributed by atoms with E-state index in [2.05, 4.69) is 77.9 Å². The van der Waals surface area contributed by atoms with Crippen LogP contribution < -0.4 is 0 Å². The van der Waals surface area contributed by atoms with Crippen LogP contribution in [0.2, 0.25) is 0 Å². The Kier molecular flexibility index (Phi) is 6.42. The quantitative estimate of drug-likeness (QED) is 0.423. The van der Waals surface area contributed by atoms with Crippen molar-refractivity contribution in [1.29, 1.82) is 0 Å². The summed E-state index contributed by atoms with van der Waals surface area (Å²) in [6, 6.07) is 19.1. The van der Waals surface area contributed by atoms with Gasteiger partial charge in [0.05, 0.1) is 0 Å². The van der Waals surface area contributed by atoms with Gasteiger partial charge in [-0.2, -0.15) is 0 Å². The molecule has 3 heteroatoms. The second-order valence-electron chi connectivity index (χ2n) is 8.13. The summed E-state index contributed by atoms with van der Waals surface area (Å²) in [6.07, 6.45) is 0.343. The molecule has 3 aromatic rings. The van der Waals surface area contributed by atoms with Crippen molar-refractivity contribution in [2.24, 2.45) is 0 Å². The van der Waals surface area contributed by atoms with Crippen molar-refractivity contribution in [1.82, 2.24) is 0 Å². The van der Waals surface area contributed by atoms with E-state index in [1.807, 2.05) is 25.1 Å². The zero-order valence-corrected chi connectivity index (χ0v) is 19.9. The molecule has 0 saturated heterocycles. The van der Waals surface area contributed by atoms with Crippen molar-refractivity contribution in [3.63, 3.8) is 0 Å². The first kappa shape index (κ1) is 22.2. The van der Waals surface area contributed by atoms with Gasteiger partial charge < -0.3 is 4.18 Å². The highest BCUT2D eigenvalue weighted by atomic mass is 32.3. The summed E-state index contributed by atoms with van der Waals surface area (Å²) in [5.41, 5.74) is 7.08. The van der Waals surface area contributed by atoms with Gasteiger partial charge in [-0.3, -0.25) is 4.79 Å². The molecule has 3 rings (SSSR count). The molecule has 0 fully saturated rings. The minimum atomic E-state index is -2.25. The van der Waals surface area contributed by atoms with Crippen LogP contribution in [0.5, 0.6) is 0 Å². The molecule has 0 heterocycles. The molecule has 0 atom stereocenters.